The van der Waals surface area contributed by atoms with Gasteiger partial charge in [-0.2, -0.15) is 0 Å². The molecule has 0 spiro atoms. The molecule has 0 radical (unpaired) electrons. The van der Waals surface area contributed by atoms with Crippen LogP contribution in [0.3, 0.4) is 0 Å². The maximum absolute atomic E-state index is 12.5. The van der Waals surface area contributed by atoms with Crippen molar-refractivity contribution >= 4 is 17.4 Å². The molecule has 8 unspecified atom stereocenters. The summed E-state index contributed by atoms with van der Waals surface area (Å²) in [7, 11) is 1.85. The Morgan fingerprint density at radius 1 is 1.00 bits per heavy atom. The quantitative estimate of drug-likeness (QED) is 0.583. The van der Waals surface area contributed by atoms with E-state index in [1.54, 1.807) is 0 Å². The smallest absolute Gasteiger partial charge is 0.151 e. The van der Waals surface area contributed by atoms with Gasteiger partial charge >= 0.3 is 0 Å². The molecule has 0 bridgehead atoms. The van der Waals surface area contributed by atoms with E-state index in [1.165, 1.54) is 51.4 Å². The highest BCUT2D eigenvalue weighted by Crippen LogP contribution is 2.67. The number of Topliss-reactive ketones (excluding diaryl/α,β-unsaturated/α-hetero) is 1. The van der Waals surface area contributed by atoms with Gasteiger partial charge in [0.15, 0.2) is 5.78 Å². The second-order valence-electron chi connectivity index (χ2n) is 10.5. The van der Waals surface area contributed by atoms with Gasteiger partial charge < -0.3 is 4.74 Å². The van der Waals surface area contributed by atoms with Gasteiger partial charge in [-0.05, 0) is 98.2 Å². The molecule has 148 valence electrons. The average Bonchev–Trinajstić information content (AvgIpc) is 2.99. The second kappa shape index (κ2) is 7.07. The molecule has 4 aliphatic rings. The van der Waals surface area contributed by atoms with Crippen molar-refractivity contribution in [2.24, 2.45) is 46.3 Å². The molecule has 4 aliphatic carbocycles. The van der Waals surface area contributed by atoms with Crippen molar-refractivity contribution in [3.63, 3.8) is 0 Å². The summed E-state index contributed by atoms with van der Waals surface area (Å²) in [4.78, 5) is 12.5. The molecule has 2 nitrogen and oxygen atoms in total. The highest BCUT2D eigenvalue weighted by molar-refractivity contribution is 6.28. The van der Waals surface area contributed by atoms with Crippen molar-refractivity contribution in [2.75, 3.05) is 19.6 Å². The van der Waals surface area contributed by atoms with Gasteiger partial charge in [-0.15, -0.1) is 11.6 Å². The van der Waals surface area contributed by atoms with Gasteiger partial charge in [0.05, 0.1) is 5.88 Å². The van der Waals surface area contributed by atoms with Gasteiger partial charge in [0.25, 0.3) is 0 Å². The number of hydrogen-bond acceptors (Lipinski definition) is 2. The maximum Gasteiger partial charge on any atom is 0.151 e. The van der Waals surface area contributed by atoms with Crippen molar-refractivity contribution < 1.29 is 9.53 Å². The molecule has 0 aromatic rings. The molecule has 0 aliphatic heterocycles. The first kappa shape index (κ1) is 19.2. The number of halogens is 1. The van der Waals surface area contributed by atoms with Crippen LogP contribution in [0.15, 0.2) is 0 Å². The Morgan fingerprint density at radius 3 is 2.46 bits per heavy atom. The number of fused-ring (bicyclic) bond motifs is 5. The molecule has 8 atom stereocenters. The first-order valence-corrected chi connectivity index (χ1v) is 11.5. The van der Waals surface area contributed by atoms with Crippen molar-refractivity contribution in [1.29, 1.82) is 0 Å². The molecule has 0 saturated heterocycles. The van der Waals surface area contributed by atoms with Crippen molar-refractivity contribution in [2.45, 2.75) is 71.6 Å². The zero-order valence-corrected chi connectivity index (χ0v) is 17.7. The topological polar surface area (TPSA) is 26.3 Å². The fourth-order valence-electron chi connectivity index (χ4n) is 8.36. The van der Waals surface area contributed by atoms with Crippen molar-refractivity contribution in [3.8, 4) is 0 Å². The predicted molar refractivity (Wildman–Crippen MR) is 106 cm³/mol. The highest BCUT2D eigenvalue weighted by Gasteiger charge is 2.60. The molecule has 0 aromatic heterocycles. The van der Waals surface area contributed by atoms with E-state index in [4.69, 9.17) is 16.3 Å². The van der Waals surface area contributed by atoms with E-state index in [0.29, 0.717) is 11.2 Å². The molecule has 26 heavy (non-hydrogen) atoms. The standard InChI is InChI=1S/C23H37ClO2/c1-22-10-8-15(14-26-3)12-16(22)4-5-17-18-6-7-20(21(25)13-24)23(18,2)11-9-19(17)22/h15-20H,4-14H2,1-3H3. The van der Waals surface area contributed by atoms with Crippen LogP contribution < -0.4 is 0 Å². The van der Waals surface area contributed by atoms with Gasteiger partial charge in [0.2, 0.25) is 0 Å². The molecular formula is C23H37ClO2. The van der Waals surface area contributed by atoms with E-state index in [2.05, 4.69) is 13.8 Å². The first-order chi connectivity index (χ1) is 12.4. The lowest BCUT2D eigenvalue weighted by molar-refractivity contribution is -0.136. The lowest BCUT2D eigenvalue weighted by Crippen LogP contribution is -2.54. The Kier molecular flexibility index (Phi) is 5.23. The van der Waals surface area contributed by atoms with Crippen LogP contribution in [0.1, 0.15) is 71.6 Å². The molecule has 4 fully saturated rings. The van der Waals surface area contributed by atoms with E-state index < -0.39 is 0 Å². The summed E-state index contributed by atoms with van der Waals surface area (Å²) in [6, 6.07) is 0. The monoisotopic (exact) mass is 380 g/mol. The van der Waals surface area contributed by atoms with Crippen LogP contribution in [0.4, 0.5) is 0 Å². The molecule has 0 amide bonds. The summed E-state index contributed by atoms with van der Waals surface area (Å²) in [5, 5.41) is 0. The lowest BCUT2D eigenvalue weighted by Gasteiger charge is -2.61. The van der Waals surface area contributed by atoms with Crippen LogP contribution in [-0.4, -0.2) is 25.4 Å². The van der Waals surface area contributed by atoms with E-state index in [1.807, 2.05) is 7.11 Å². The second-order valence-corrected chi connectivity index (χ2v) is 10.8. The number of carbonyl (C=O) groups is 1. The van der Waals surface area contributed by atoms with Gasteiger partial charge in [0.1, 0.15) is 0 Å². The fourth-order valence-corrected chi connectivity index (χ4v) is 8.54. The zero-order valence-electron chi connectivity index (χ0n) is 16.9. The summed E-state index contributed by atoms with van der Waals surface area (Å²) >= 11 is 5.96. The average molecular weight is 381 g/mol. The molecular weight excluding hydrogens is 344 g/mol. The first-order valence-electron chi connectivity index (χ1n) is 11.0. The van der Waals surface area contributed by atoms with Gasteiger partial charge in [0, 0.05) is 19.6 Å². The van der Waals surface area contributed by atoms with Crippen LogP contribution in [0.2, 0.25) is 0 Å². The Hall–Kier alpha value is -0.0800. The van der Waals surface area contributed by atoms with E-state index in [-0.39, 0.29) is 17.2 Å². The van der Waals surface area contributed by atoms with Gasteiger partial charge in [-0.25, -0.2) is 0 Å². The highest BCUT2D eigenvalue weighted by atomic mass is 35.5. The van der Waals surface area contributed by atoms with Crippen molar-refractivity contribution in [1.82, 2.24) is 0 Å². The number of hydrogen-bond donors (Lipinski definition) is 0. The normalized spacial score (nSPS) is 50.6. The van der Waals surface area contributed by atoms with Crippen LogP contribution in [-0.2, 0) is 9.53 Å². The Balaban J connectivity index is 1.54. The maximum atomic E-state index is 12.5. The van der Waals surface area contributed by atoms with E-state index in [9.17, 15) is 4.79 Å². The zero-order chi connectivity index (χ0) is 18.5. The lowest BCUT2D eigenvalue weighted by atomic mass is 9.44. The molecule has 0 aromatic carbocycles. The molecule has 0 N–H and O–H groups in total. The summed E-state index contributed by atoms with van der Waals surface area (Å²) in [5.74, 6) is 4.91. The predicted octanol–water partition coefficient (Wildman–Crippen LogP) is 5.72. The third kappa shape index (κ3) is 2.81. The number of ether oxygens (including phenoxy) is 1. The van der Waals surface area contributed by atoms with E-state index >= 15 is 0 Å². The van der Waals surface area contributed by atoms with Crippen LogP contribution >= 0.6 is 11.6 Å². The largest absolute Gasteiger partial charge is 0.384 e. The molecule has 4 saturated carbocycles. The number of methoxy groups -OCH3 is 1. The summed E-state index contributed by atoms with van der Waals surface area (Å²) in [5.41, 5.74) is 0.757. The minimum Gasteiger partial charge on any atom is -0.384 e. The number of rotatable bonds is 4. The SMILES string of the molecule is COCC1CCC2(C)C(CCC3C2CCC2(C)C(C(=O)CCl)CCC32)C1. The van der Waals surface area contributed by atoms with Crippen LogP contribution in [0.25, 0.3) is 0 Å². The van der Waals surface area contributed by atoms with Crippen molar-refractivity contribution in [3.05, 3.63) is 0 Å². The number of ketones is 1. The van der Waals surface area contributed by atoms with Crippen LogP contribution in [0.5, 0.6) is 0 Å². The van der Waals surface area contributed by atoms with Gasteiger partial charge in [-0.1, -0.05) is 13.8 Å². The Bertz CT molecular complexity index is 548. The summed E-state index contributed by atoms with van der Waals surface area (Å²) < 4.78 is 5.47. The third-order valence-electron chi connectivity index (χ3n) is 9.70. The minimum absolute atomic E-state index is 0.210. The molecule has 3 heteroatoms. The number of alkyl halides is 1. The summed E-state index contributed by atoms with van der Waals surface area (Å²) in [6.45, 7) is 6.00. The van der Waals surface area contributed by atoms with E-state index in [0.717, 1.165) is 42.6 Å². The molecule has 0 heterocycles. The number of carbonyl (C=O) groups excluding carboxylic acids is 1. The minimum atomic E-state index is 0.210. The van der Waals surface area contributed by atoms with Gasteiger partial charge in [-0.3, -0.25) is 4.79 Å². The Morgan fingerprint density at radius 2 is 1.73 bits per heavy atom. The third-order valence-corrected chi connectivity index (χ3v) is 9.96. The fraction of sp³-hybridized carbons (Fsp3) is 0.957. The molecule has 4 rings (SSSR count). The summed E-state index contributed by atoms with van der Waals surface area (Å²) in [6.07, 6.45) is 11.8. The Labute approximate surface area is 164 Å². The van der Waals surface area contributed by atoms with Crippen LogP contribution in [0, 0.1) is 46.3 Å².